The zero-order chi connectivity index (χ0) is 8.89. The topological polar surface area (TPSA) is 29.3 Å². The van der Waals surface area contributed by atoms with E-state index in [1.807, 2.05) is 0 Å². The summed E-state index contributed by atoms with van der Waals surface area (Å²) in [5, 5.41) is 0.957. The van der Waals surface area contributed by atoms with Crippen LogP contribution < -0.4 is 5.73 Å². The molecule has 13 heavy (non-hydrogen) atoms. The Morgan fingerprint density at radius 3 is 2.77 bits per heavy atom. The van der Waals surface area contributed by atoms with Gasteiger partial charge in [-0.3, -0.25) is 4.90 Å². The maximum atomic E-state index is 5.81. The van der Waals surface area contributed by atoms with Crippen LogP contribution in [-0.4, -0.2) is 41.6 Å². The number of rotatable bonds is 3. The molecule has 0 aromatic rings. The minimum atomic E-state index is 0.551. The fourth-order valence-corrected chi connectivity index (χ4v) is 4.20. The molecule has 1 aliphatic carbocycles. The van der Waals surface area contributed by atoms with Crippen molar-refractivity contribution in [1.29, 1.82) is 0 Å². The van der Waals surface area contributed by atoms with Crippen molar-refractivity contribution in [3.8, 4) is 0 Å². The van der Waals surface area contributed by atoms with E-state index in [4.69, 9.17) is 5.73 Å². The molecule has 3 heteroatoms. The fraction of sp³-hybridized carbons (Fsp3) is 1.00. The average molecular weight is 198 g/mol. The Balaban J connectivity index is 1.62. The quantitative estimate of drug-likeness (QED) is 0.731. The molecule has 2 atom stereocenters. The summed E-state index contributed by atoms with van der Waals surface area (Å²) < 4.78 is 0. The first kappa shape index (κ1) is 8.57. The lowest BCUT2D eigenvalue weighted by Gasteiger charge is -2.30. The van der Waals surface area contributed by atoms with Gasteiger partial charge >= 0.3 is 0 Å². The maximum absolute atomic E-state index is 5.81. The zero-order valence-electron chi connectivity index (χ0n) is 8.04. The second-order valence-electron chi connectivity index (χ2n) is 4.98. The number of hydrogen-bond donors (Lipinski definition) is 1. The molecule has 3 rings (SSSR count). The number of fused-ring (bicyclic) bond motifs is 2. The molecule has 0 aromatic carbocycles. The summed E-state index contributed by atoms with van der Waals surface area (Å²) in [5.74, 6) is 1.38. The fourth-order valence-electron chi connectivity index (χ4n) is 2.71. The van der Waals surface area contributed by atoms with Crippen molar-refractivity contribution in [2.24, 2.45) is 11.1 Å². The Labute approximate surface area is 84.2 Å². The van der Waals surface area contributed by atoms with Crippen LogP contribution in [0.2, 0.25) is 0 Å². The van der Waals surface area contributed by atoms with Gasteiger partial charge in [0.25, 0.3) is 0 Å². The van der Waals surface area contributed by atoms with Crippen molar-refractivity contribution in [3.63, 3.8) is 0 Å². The highest BCUT2D eigenvalue weighted by atomic mass is 32.2. The molecule has 2 aliphatic heterocycles. The minimum absolute atomic E-state index is 0.551. The van der Waals surface area contributed by atoms with Gasteiger partial charge in [0.1, 0.15) is 0 Å². The molecule has 74 valence electrons. The lowest BCUT2D eigenvalue weighted by Crippen LogP contribution is -2.40. The molecule has 2 nitrogen and oxygen atoms in total. The van der Waals surface area contributed by atoms with E-state index in [0.29, 0.717) is 5.41 Å². The molecule has 3 fully saturated rings. The molecule has 0 radical (unpaired) electrons. The summed E-state index contributed by atoms with van der Waals surface area (Å²) in [4.78, 5) is 2.71. The predicted octanol–water partition coefficient (Wildman–Crippen LogP) is 0.915. The SMILES string of the molecule is NCC1(CN2CC3CC2CS3)CC1. The molecule has 2 heterocycles. The van der Waals surface area contributed by atoms with E-state index in [0.717, 1.165) is 17.8 Å². The molecule has 2 saturated heterocycles. The van der Waals surface area contributed by atoms with Crippen LogP contribution in [0, 0.1) is 5.41 Å². The van der Waals surface area contributed by atoms with Crippen LogP contribution in [0.3, 0.4) is 0 Å². The van der Waals surface area contributed by atoms with E-state index in [1.54, 1.807) is 0 Å². The first-order valence-electron chi connectivity index (χ1n) is 5.37. The molecular weight excluding hydrogens is 180 g/mol. The number of nitrogens with zero attached hydrogens (tertiary/aromatic N) is 1. The summed E-state index contributed by atoms with van der Waals surface area (Å²) in [7, 11) is 0. The van der Waals surface area contributed by atoms with E-state index >= 15 is 0 Å². The second-order valence-corrected chi connectivity index (χ2v) is 6.31. The molecular formula is C10H18N2S. The highest BCUT2D eigenvalue weighted by molar-refractivity contribution is 8.00. The Bertz CT molecular complexity index is 215. The molecule has 3 aliphatic rings. The normalized spacial score (nSPS) is 41.3. The predicted molar refractivity (Wildman–Crippen MR) is 56.9 cm³/mol. The van der Waals surface area contributed by atoms with E-state index in [-0.39, 0.29) is 0 Å². The van der Waals surface area contributed by atoms with E-state index in [9.17, 15) is 0 Å². The van der Waals surface area contributed by atoms with Crippen LogP contribution >= 0.6 is 11.8 Å². The van der Waals surface area contributed by atoms with Gasteiger partial charge in [0.15, 0.2) is 0 Å². The number of hydrogen-bond acceptors (Lipinski definition) is 3. The van der Waals surface area contributed by atoms with Gasteiger partial charge < -0.3 is 5.73 Å². The van der Waals surface area contributed by atoms with Crippen molar-refractivity contribution in [3.05, 3.63) is 0 Å². The first-order chi connectivity index (χ1) is 6.31. The molecule has 0 amide bonds. The summed E-state index contributed by atoms with van der Waals surface area (Å²) in [6, 6.07) is 0.902. The largest absolute Gasteiger partial charge is 0.330 e. The van der Waals surface area contributed by atoms with Gasteiger partial charge in [-0.15, -0.1) is 0 Å². The maximum Gasteiger partial charge on any atom is 0.0198 e. The second kappa shape index (κ2) is 2.88. The Morgan fingerprint density at radius 2 is 2.31 bits per heavy atom. The lowest BCUT2D eigenvalue weighted by molar-refractivity contribution is 0.217. The van der Waals surface area contributed by atoms with Gasteiger partial charge in [-0.25, -0.2) is 0 Å². The lowest BCUT2D eigenvalue weighted by atomic mass is 10.1. The average Bonchev–Trinajstić information content (AvgIpc) is 2.62. The highest BCUT2D eigenvalue weighted by Gasteiger charge is 2.47. The standard InChI is InChI=1S/C10H18N2S/c11-6-10(1-2-10)7-12-4-9-3-8(12)5-13-9/h8-9H,1-7,11H2. The van der Waals surface area contributed by atoms with Crippen LogP contribution in [0.4, 0.5) is 0 Å². The Hall–Kier alpha value is 0.270. The van der Waals surface area contributed by atoms with Gasteiger partial charge in [-0.1, -0.05) is 0 Å². The minimum Gasteiger partial charge on any atom is -0.330 e. The van der Waals surface area contributed by atoms with Crippen molar-refractivity contribution in [1.82, 2.24) is 4.90 Å². The summed E-state index contributed by atoms with van der Waals surface area (Å²) in [6.45, 7) is 3.55. The van der Waals surface area contributed by atoms with E-state index < -0.39 is 0 Å². The van der Waals surface area contributed by atoms with Gasteiger partial charge in [0, 0.05) is 30.1 Å². The first-order valence-corrected chi connectivity index (χ1v) is 6.42. The molecule has 0 spiro atoms. The summed E-state index contributed by atoms with van der Waals surface area (Å²) in [5.41, 5.74) is 6.36. The molecule has 0 aromatic heterocycles. The third-order valence-corrected chi connectivity index (χ3v) is 5.33. The Morgan fingerprint density at radius 1 is 1.46 bits per heavy atom. The molecule has 2 N–H and O–H groups in total. The highest BCUT2D eigenvalue weighted by Crippen LogP contribution is 2.48. The number of thioether (sulfide) groups is 1. The number of nitrogens with two attached hydrogens (primary N) is 1. The van der Waals surface area contributed by atoms with Crippen molar-refractivity contribution in [2.75, 3.05) is 25.4 Å². The van der Waals surface area contributed by atoms with Crippen LogP contribution in [0.5, 0.6) is 0 Å². The molecule has 1 saturated carbocycles. The van der Waals surface area contributed by atoms with Gasteiger partial charge in [-0.05, 0) is 31.2 Å². The zero-order valence-corrected chi connectivity index (χ0v) is 8.85. The van der Waals surface area contributed by atoms with Crippen molar-refractivity contribution in [2.45, 2.75) is 30.6 Å². The monoisotopic (exact) mass is 198 g/mol. The van der Waals surface area contributed by atoms with Gasteiger partial charge in [0.05, 0.1) is 0 Å². The van der Waals surface area contributed by atoms with Crippen LogP contribution in [0.1, 0.15) is 19.3 Å². The molecule has 2 bridgehead atoms. The summed E-state index contributed by atoms with van der Waals surface area (Å²) in [6.07, 6.45) is 4.21. The van der Waals surface area contributed by atoms with Crippen molar-refractivity contribution >= 4 is 11.8 Å². The van der Waals surface area contributed by atoms with Crippen molar-refractivity contribution < 1.29 is 0 Å². The van der Waals surface area contributed by atoms with Gasteiger partial charge in [0.2, 0.25) is 0 Å². The molecule has 2 unspecified atom stereocenters. The third kappa shape index (κ3) is 1.41. The van der Waals surface area contributed by atoms with Crippen LogP contribution in [0.15, 0.2) is 0 Å². The Kier molecular flexibility index (Phi) is 1.90. The third-order valence-electron chi connectivity index (χ3n) is 3.94. The van der Waals surface area contributed by atoms with Crippen LogP contribution in [0.25, 0.3) is 0 Å². The smallest absolute Gasteiger partial charge is 0.0198 e. The van der Waals surface area contributed by atoms with E-state index in [1.165, 1.54) is 38.1 Å². The summed E-state index contributed by atoms with van der Waals surface area (Å²) >= 11 is 2.18. The van der Waals surface area contributed by atoms with Crippen LogP contribution in [-0.2, 0) is 0 Å². The van der Waals surface area contributed by atoms with E-state index in [2.05, 4.69) is 16.7 Å². The number of likely N-dealkylation sites (tertiary alicyclic amines) is 1. The van der Waals surface area contributed by atoms with Gasteiger partial charge in [-0.2, -0.15) is 11.8 Å².